The number of fused-ring (bicyclic) bond motifs is 1. The van der Waals surface area contributed by atoms with Crippen molar-refractivity contribution in [1.29, 1.82) is 0 Å². The molecule has 180 valence electrons. The van der Waals surface area contributed by atoms with Crippen molar-refractivity contribution in [2.24, 2.45) is 0 Å². The summed E-state index contributed by atoms with van der Waals surface area (Å²) in [5, 5.41) is 8.98. The maximum Gasteiger partial charge on any atom is 0.251 e. The summed E-state index contributed by atoms with van der Waals surface area (Å²) < 4.78 is 0. The molecule has 0 bridgehead atoms. The van der Waals surface area contributed by atoms with Gasteiger partial charge in [0, 0.05) is 75.9 Å². The zero-order chi connectivity index (χ0) is 24.1. The van der Waals surface area contributed by atoms with E-state index in [1.54, 1.807) is 12.4 Å². The quantitative estimate of drug-likeness (QED) is 0.536. The maximum absolute atomic E-state index is 12.8. The predicted molar refractivity (Wildman–Crippen MR) is 129 cm³/mol. The third-order valence-electron chi connectivity index (χ3n) is 6.52. The van der Waals surface area contributed by atoms with Crippen LogP contribution in [-0.4, -0.2) is 72.9 Å². The second-order valence-corrected chi connectivity index (χ2v) is 9.14. The van der Waals surface area contributed by atoms with E-state index in [2.05, 4.69) is 25.8 Å². The standard InChI is InChI=1S/C25H32N6O3/c1-30(2)20-7-5-18(6-8-20)24(33)29-19-12-22-25(34)28-15-21(31(22)16-19)9-10-23(32)27-14-17-4-3-11-26-13-17/h3-8,11,13,19,21-22H,9-10,12,14-16H2,1-2H3,(H,27,32)(H,28,34)(H,29,33)/t19-,21-,22+/m1/s1. The number of amides is 3. The lowest BCUT2D eigenvalue weighted by molar-refractivity contribution is -0.129. The lowest BCUT2D eigenvalue weighted by atomic mass is 10.0. The summed E-state index contributed by atoms with van der Waals surface area (Å²) in [4.78, 5) is 45.7. The number of benzene rings is 1. The molecule has 34 heavy (non-hydrogen) atoms. The van der Waals surface area contributed by atoms with E-state index in [-0.39, 0.29) is 35.8 Å². The molecule has 1 aromatic carbocycles. The highest BCUT2D eigenvalue weighted by Gasteiger charge is 2.43. The molecule has 3 amide bonds. The third-order valence-corrected chi connectivity index (χ3v) is 6.52. The highest BCUT2D eigenvalue weighted by molar-refractivity contribution is 5.95. The largest absolute Gasteiger partial charge is 0.378 e. The zero-order valence-corrected chi connectivity index (χ0v) is 19.7. The molecule has 3 heterocycles. The van der Waals surface area contributed by atoms with Crippen LogP contribution in [0, 0.1) is 0 Å². The molecule has 9 nitrogen and oxygen atoms in total. The number of hydrogen-bond acceptors (Lipinski definition) is 6. The van der Waals surface area contributed by atoms with E-state index in [1.165, 1.54) is 0 Å². The molecule has 0 saturated carbocycles. The van der Waals surface area contributed by atoms with Crippen LogP contribution < -0.4 is 20.9 Å². The molecule has 1 aromatic heterocycles. The summed E-state index contributed by atoms with van der Waals surface area (Å²) >= 11 is 0. The fourth-order valence-corrected chi connectivity index (χ4v) is 4.62. The number of hydrogen-bond donors (Lipinski definition) is 3. The van der Waals surface area contributed by atoms with Crippen molar-refractivity contribution in [3.05, 3.63) is 59.9 Å². The van der Waals surface area contributed by atoms with Gasteiger partial charge in [0.1, 0.15) is 0 Å². The van der Waals surface area contributed by atoms with Crippen molar-refractivity contribution in [2.75, 3.05) is 32.1 Å². The van der Waals surface area contributed by atoms with Gasteiger partial charge in [-0.15, -0.1) is 0 Å². The molecule has 0 unspecified atom stereocenters. The van der Waals surface area contributed by atoms with Gasteiger partial charge < -0.3 is 20.9 Å². The molecular weight excluding hydrogens is 432 g/mol. The normalized spacial score (nSPS) is 21.9. The monoisotopic (exact) mass is 464 g/mol. The molecule has 2 aromatic rings. The molecule has 9 heteroatoms. The molecule has 2 aliphatic rings. The van der Waals surface area contributed by atoms with Gasteiger partial charge >= 0.3 is 0 Å². The van der Waals surface area contributed by atoms with Crippen LogP contribution in [-0.2, 0) is 16.1 Å². The molecule has 4 rings (SSSR count). The molecular formula is C25H32N6O3. The number of carbonyl (C=O) groups excluding carboxylic acids is 3. The number of carbonyl (C=O) groups is 3. The van der Waals surface area contributed by atoms with Gasteiger partial charge in [-0.05, 0) is 48.7 Å². The molecule has 3 atom stereocenters. The summed E-state index contributed by atoms with van der Waals surface area (Å²) in [5.41, 5.74) is 2.58. The lowest BCUT2D eigenvalue weighted by Gasteiger charge is -2.37. The summed E-state index contributed by atoms with van der Waals surface area (Å²) in [7, 11) is 3.91. The molecule has 0 aliphatic carbocycles. The van der Waals surface area contributed by atoms with Gasteiger partial charge in [-0.1, -0.05) is 6.07 Å². The Morgan fingerprint density at radius 1 is 1.21 bits per heavy atom. The van der Waals surface area contributed by atoms with Crippen LogP contribution in [0.15, 0.2) is 48.8 Å². The van der Waals surface area contributed by atoms with Crippen LogP contribution in [0.25, 0.3) is 0 Å². The Hall–Kier alpha value is -3.46. The van der Waals surface area contributed by atoms with Gasteiger partial charge in [-0.25, -0.2) is 0 Å². The van der Waals surface area contributed by atoms with Crippen molar-refractivity contribution in [2.45, 2.75) is 43.9 Å². The van der Waals surface area contributed by atoms with Crippen molar-refractivity contribution >= 4 is 23.4 Å². The average Bonchev–Trinajstić information content (AvgIpc) is 3.27. The van der Waals surface area contributed by atoms with Crippen LogP contribution in [0.4, 0.5) is 5.69 Å². The Bertz CT molecular complexity index is 1010. The summed E-state index contributed by atoms with van der Waals surface area (Å²) in [6.45, 7) is 1.56. The van der Waals surface area contributed by atoms with E-state index in [1.807, 2.05) is 55.4 Å². The minimum atomic E-state index is -0.279. The fourth-order valence-electron chi connectivity index (χ4n) is 4.62. The first-order valence-corrected chi connectivity index (χ1v) is 11.7. The molecule has 3 N–H and O–H groups in total. The van der Waals surface area contributed by atoms with E-state index in [4.69, 9.17) is 0 Å². The van der Waals surface area contributed by atoms with Gasteiger partial charge in [0.2, 0.25) is 11.8 Å². The number of piperazine rings is 1. The van der Waals surface area contributed by atoms with Crippen molar-refractivity contribution in [1.82, 2.24) is 25.8 Å². The number of pyridine rings is 1. The average molecular weight is 465 g/mol. The Balaban J connectivity index is 1.29. The molecule has 0 spiro atoms. The van der Waals surface area contributed by atoms with Crippen molar-refractivity contribution < 1.29 is 14.4 Å². The zero-order valence-electron chi connectivity index (χ0n) is 19.7. The fraction of sp³-hybridized carbons (Fsp3) is 0.440. The third kappa shape index (κ3) is 5.72. The van der Waals surface area contributed by atoms with Crippen LogP contribution in [0.1, 0.15) is 35.2 Å². The van der Waals surface area contributed by atoms with Crippen LogP contribution in [0.2, 0.25) is 0 Å². The van der Waals surface area contributed by atoms with Gasteiger partial charge in [0.05, 0.1) is 6.04 Å². The smallest absolute Gasteiger partial charge is 0.251 e. The van der Waals surface area contributed by atoms with E-state index in [9.17, 15) is 14.4 Å². The highest BCUT2D eigenvalue weighted by atomic mass is 16.2. The topological polar surface area (TPSA) is 107 Å². The second-order valence-electron chi connectivity index (χ2n) is 9.14. The van der Waals surface area contributed by atoms with Gasteiger partial charge in [-0.2, -0.15) is 0 Å². The minimum Gasteiger partial charge on any atom is -0.378 e. The molecule has 0 radical (unpaired) electrons. The van der Waals surface area contributed by atoms with E-state index in [0.29, 0.717) is 44.5 Å². The van der Waals surface area contributed by atoms with Gasteiger partial charge in [0.15, 0.2) is 0 Å². The minimum absolute atomic E-state index is 0.00985. The number of nitrogens with zero attached hydrogens (tertiary/aromatic N) is 3. The second kappa shape index (κ2) is 10.6. The van der Waals surface area contributed by atoms with Crippen LogP contribution in [0.3, 0.4) is 0 Å². The summed E-state index contributed by atoms with van der Waals surface area (Å²) in [5.74, 6) is -0.172. The van der Waals surface area contributed by atoms with Crippen LogP contribution in [0.5, 0.6) is 0 Å². The Kier molecular flexibility index (Phi) is 7.42. The van der Waals surface area contributed by atoms with E-state index < -0.39 is 0 Å². The Morgan fingerprint density at radius 2 is 2.00 bits per heavy atom. The predicted octanol–water partition coefficient (Wildman–Crippen LogP) is 0.915. The number of nitrogens with one attached hydrogen (secondary N) is 3. The maximum atomic E-state index is 12.8. The first-order valence-electron chi connectivity index (χ1n) is 11.7. The lowest BCUT2D eigenvalue weighted by Crippen LogP contribution is -2.58. The first kappa shape index (κ1) is 23.7. The number of aromatic nitrogens is 1. The summed E-state index contributed by atoms with van der Waals surface area (Å²) in [6.07, 6.45) is 5.01. The SMILES string of the molecule is CN(C)c1ccc(C(=O)N[C@@H]2C[C@H]3C(=O)NC[C@@H](CCC(=O)NCc4cccnc4)N3C2)cc1. The van der Waals surface area contributed by atoms with Crippen molar-refractivity contribution in [3.8, 4) is 0 Å². The molecule has 2 aliphatic heterocycles. The van der Waals surface area contributed by atoms with E-state index >= 15 is 0 Å². The Labute approximate surface area is 199 Å². The first-order chi connectivity index (χ1) is 16.4. The van der Waals surface area contributed by atoms with Crippen LogP contribution >= 0.6 is 0 Å². The molecule has 2 fully saturated rings. The number of anilines is 1. The Morgan fingerprint density at radius 3 is 2.71 bits per heavy atom. The molecule has 2 saturated heterocycles. The number of rotatable bonds is 8. The van der Waals surface area contributed by atoms with Gasteiger partial charge in [0.25, 0.3) is 5.91 Å². The summed E-state index contributed by atoms with van der Waals surface area (Å²) in [6, 6.07) is 10.9. The highest BCUT2D eigenvalue weighted by Crippen LogP contribution is 2.26. The van der Waals surface area contributed by atoms with Gasteiger partial charge in [-0.3, -0.25) is 24.3 Å². The van der Waals surface area contributed by atoms with E-state index in [0.717, 1.165) is 11.3 Å². The van der Waals surface area contributed by atoms with Crippen molar-refractivity contribution in [3.63, 3.8) is 0 Å².